The first-order chi connectivity index (χ1) is 7.19. The number of piperidine rings is 1. The summed E-state index contributed by atoms with van der Waals surface area (Å²) in [4.78, 5) is 15.4. The van der Waals surface area contributed by atoms with Gasteiger partial charge in [-0.2, -0.15) is 0 Å². The number of nitrogens with zero attached hydrogens (tertiary/aromatic N) is 4. The van der Waals surface area contributed by atoms with E-state index >= 15 is 0 Å². The Balaban J connectivity index is 2.50. The fourth-order valence-corrected chi connectivity index (χ4v) is 1.50. The van der Waals surface area contributed by atoms with Crippen molar-refractivity contribution in [3.05, 3.63) is 10.4 Å². The summed E-state index contributed by atoms with van der Waals surface area (Å²) in [7, 11) is 0. The van der Waals surface area contributed by atoms with Crippen molar-refractivity contribution in [3.8, 4) is 0 Å². The summed E-state index contributed by atoms with van der Waals surface area (Å²) in [6.45, 7) is 2.63. The molecule has 1 rings (SSSR count). The van der Waals surface area contributed by atoms with Crippen LogP contribution < -0.4 is 0 Å². The fraction of sp³-hybridized carbons (Fsp3) is 0.875. The molecule has 1 heterocycles. The standard InChI is InChI=1S/C8H14N4O3/c1-2-15-8(14)12-4-3-6(10-11-9)7(13)5-12/h6-7,13H,2-5H2,1H3/t6-,7?/m0/s1. The molecule has 15 heavy (non-hydrogen) atoms. The molecule has 1 aliphatic heterocycles. The van der Waals surface area contributed by atoms with E-state index in [2.05, 4.69) is 10.0 Å². The first kappa shape index (κ1) is 11.6. The Labute approximate surface area is 87.3 Å². The zero-order valence-electron chi connectivity index (χ0n) is 8.54. The number of β-amino-alcohol motifs (C(OH)–C–C–N with tert-alkyl or cyclic N) is 1. The Hall–Kier alpha value is -1.46. The minimum Gasteiger partial charge on any atom is -0.450 e. The van der Waals surface area contributed by atoms with E-state index in [0.717, 1.165) is 0 Å². The number of amides is 1. The van der Waals surface area contributed by atoms with E-state index in [9.17, 15) is 9.90 Å². The number of hydrogen-bond acceptors (Lipinski definition) is 4. The fourth-order valence-electron chi connectivity index (χ4n) is 1.50. The van der Waals surface area contributed by atoms with Gasteiger partial charge in [-0.15, -0.1) is 0 Å². The maximum Gasteiger partial charge on any atom is 0.409 e. The molecule has 7 nitrogen and oxygen atoms in total. The van der Waals surface area contributed by atoms with Gasteiger partial charge in [-0.1, -0.05) is 5.11 Å². The average Bonchev–Trinajstić information content (AvgIpc) is 2.21. The highest BCUT2D eigenvalue weighted by atomic mass is 16.6. The van der Waals surface area contributed by atoms with Crippen LogP contribution in [0.1, 0.15) is 13.3 Å². The van der Waals surface area contributed by atoms with E-state index in [1.54, 1.807) is 6.92 Å². The van der Waals surface area contributed by atoms with Crippen LogP contribution in [-0.2, 0) is 4.74 Å². The SMILES string of the molecule is CCOC(=O)N1CC[C@H](N=[N+]=[N-])C(O)C1. The third kappa shape index (κ3) is 3.00. The summed E-state index contributed by atoms with van der Waals surface area (Å²) in [5.41, 5.74) is 8.24. The zero-order chi connectivity index (χ0) is 11.3. The van der Waals surface area contributed by atoms with E-state index in [1.165, 1.54) is 4.90 Å². The van der Waals surface area contributed by atoms with Crippen LogP contribution in [0.5, 0.6) is 0 Å². The number of azide groups is 1. The first-order valence-corrected chi connectivity index (χ1v) is 4.83. The molecule has 1 N–H and O–H groups in total. The summed E-state index contributed by atoms with van der Waals surface area (Å²) in [6, 6.07) is -0.444. The molecule has 0 aromatic rings. The van der Waals surface area contributed by atoms with Crippen LogP contribution in [-0.4, -0.2) is 47.9 Å². The minimum absolute atomic E-state index is 0.155. The Morgan fingerprint density at radius 2 is 2.53 bits per heavy atom. The van der Waals surface area contributed by atoms with Crippen LogP contribution in [0, 0.1) is 0 Å². The van der Waals surface area contributed by atoms with E-state index in [-0.39, 0.29) is 6.54 Å². The normalized spacial score (nSPS) is 25.6. The molecular weight excluding hydrogens is 200 g/mol. The lowest BCUT2D eigenvalue weighted by Crippen LogP contribution is -2.48. The van der Waals surface area contributed by atoms with Gasteiger partial charge in [-0.3, -0.25) is 0 Å². The molecular formula is C8H14N4O3. The first-order valence-electron chi connectivity index (χ1n) is 4.83. The quantitative estimate of drug-likeness (QED) is 0.419. The van der Waals surface area contributed by atoms with Crippen LogP contribution >= 0.6 is 0 Å². The predicted molar refractivity (Wildman–Crippen MR) is 52.2 cm³/mol. The number of aliphatic hydroxyl groups is 1. The van der Waals surface area contributed by atoms with Gasteiger partial charge in [0.1, 0.15) is 0 Å². The van der Waals surface area contributed by atoms with Gasteiger partial charge in [-0.25, -0.2) is 4.79 Å². The molecule has 1 fully saturated rings. The van der Waals surface area contributed by atoms with Gasteiger partial charge in [0, 0.05) is 11.5 Å². The lowest BCUT2D eigenvalue weighted by Gasteiger charge is -2.32. The van der Waals surface area contributed by atoms with E-state index in [1.807, 2.05) is 0 Å². The number of rotatable bonds is 2. The summed E-state index contributed by atoms with van der Waals surface area (Å²) in [5, 5.41) is 13.0. The zero-order valence-corrected chi connectivity index (χ0v) is 8.54. The molecule has 1 unspecified atom stereocenters. The Morgan fingerprint density at radius 3 is 3.07 bits per heavy atom. The molecule has 0 bridgehead atoms. The third-order valence-electron chi connectivity index (χ3n) is 2.27. The van der Waals surface area contributed by atoms with Crippen LogP contribution in [0.4, 0.5) is 4.79 Å². The van der Waals surface area contributed by atoms with Gasteiger partial charge in [0.25, 0.3) is 0 Å². The monoisotopic (exact) mass is 214 g/mol. The van der Waals surface area contributed by atoms with Crippen molar-refractivity contribution in [3.63, 3.8) is 0 Å². The van der Waals surface area contributed by atoms with Gasteiger partial charge in [-0.05, 0) is 18.9 Å². The smallest absolute Gasteiger partial charge is 0.409 e. The number of aliphatic hydroxyl groups excluding tert-OH is 1. The molecule has 0 spiro atoms. The molecule has 1 aliphatic rings. The molecule has 0 aromatic carbocycles. The van der Waals surface area contributed by atoms with Crippen molar-refractivity contribution in [2.45, 2.75) is 25.5 Å². The highest BCUT2D eigenvalue weighted by Gasteiger charge is 2.29. The molecule has 0 aliphatic carbocycles. The van der Waals surface area contributed by atoms with Crippen molar-refractivity contribution < 1.29 is 14.6 Å². The van der Waals surface area contributed by atoms with E-state index in [4.69, 9.17) is 10.3 Å². The van der Waals surface area contributed by atoms with Crippen molar-refractivity contribution in [1.29, 1.82) is 0 Å². The Kier molecular flexibility index (Phi) is 4.20. The van der Waals surface area contributed by atoms with E-state index < -0.39 is 18.2 Å². The maximum atomic E-state index is 11.3. The van der Waals surface area contributed by atoms with Crippen LogP contribution in [0.2, 0.25) is 0 Å². The number of carbonyl (C=O) groups is 1. The molecule has 84 valence electrons. The van der Waals surface area contributed by atoms with Gasteiger partial charge < -0.3 is 14.7 Å². The lowest BCUT2D eigenvalue weighted by atomic mass is 10.0. The summed E-state index contributed by atoms with van der Waals surface area (Å²) in [5.74, 6) is 0. The minimum atomic E-state index is -0.806. The largest absolute Gasteiger partial charge is 0.450 e. The molecule has 0 aromatic heterocycles. The maximum absolute atomic E-state index is 11.3. The Morgan fingerprint density at radius 1 is 1.80 bits per heavy atom. The number of carbonyl (C=O) groups excluding carboxylic acids is 1. The summed E-state index contributed by atoms with van der Waals surface area (Å²) in [6.07, 6.45) is -0.778. The van der Waals surface area contributed by atoms with Gasteiger partial charge in [0.2, 0.25) is 0 Å². The Bertz CT molecular complexity index is 277. The molecule has 0 radical (unpaired) electrons. The van der Waals surface area contributed by atoms with Crippen molar-refractivity contribution >= 4 is 6.09 Å². The number of likely N-dealkylation sites (tertiary alicyclic amines) is 1. The lowest BCUT2D eigenvalue weighted by molar-refractivity contribution is 0.0403. The molecule has 0 saturated carbocycles. The van der Waals surface area contributed by atoms with Crippen LogP contribution in [0.25, 0.3) is 10.4 Å². The summed E-state index contributed by atoms with van der Waals surface area (Å²) < 4.78 is 4.80. The molecule has 2 atom stereocenters. The van der Waals surface area contributed by atoms with Crippen LogP contribution in [0.3, 0.4) is 0 Å². The molecule has 7 heteroatoms. The number of ether oxygens (including phenoxy) is 1. The third-order valence-corrected chi connectivity index (χ3v) is 2.27. The van der Waals surface area contributed by atoms with Gasteiger partial charge >= 0.3 is 6.09 Å². The van der Waals surface area contributed by atoms with Gasteiger partial charge in [0.05, 0.1) is 25.3 Å². The van der Waals surface area contributed by atoms with Gasteiger partial charge in [0.15, 0.2) is 0 Å². The second-order valence-corrected chi connectivity index (χ2v) is 3.27. The summed E-state index contributed by atoms with van der Waals surface area (Å²) >= 11 is 0. The van der Waals surface area contributed by atoms with Crippen LogP contribution in [0.15, 0.2) is 5.11 Å². The van der Waals surface area contributed by atoms with Crippen molar-refractivity contribution in [1.82, 2.24) is 4.90 Å². The second kappa shape index (κ2) is 5.43. The van der Waals surface area contributed by atoms with Crippen molar-refractivity contribution in [2.24, 2.45) is 5.11 Å². The van der Waals surface area contributed by atoms with Crippen molar-refractivity contribution in [2.75, 3.05) is 19.7 Å². The molecule has 1 amide bonds. The predicted octanol–water partition coefficient (Wildman–Crippen LogP) is 0.888. The average molecular weight is 214 g/mol. The topological polar surface area (TPSA) is 98.5 Å². The number of hydrogen-bond donors (Lipinski definition) is 1. The highest BCUT2D eigenvalue weighted by Crippen LogP contribution is 2.15. The highest BCUT2D eigenvalue weighted by molar-refractivity contribution is 5.67. The van der Waals surface area contributed by atoms with E-state index in [0.29, 0.717) is 19.6 Å². The molecule has 1 saturated heterocycles. The second-order valence-electron chi connectivity index (χ2n) is 3.27.